The number of benzene rings is 9. The Morgan fingerprint density at radius 2 is 0.988 bits per heavy atom. The summed E-state index contributed by atoms with van der Waals surface area (Å²) in [6, 6.07) is 71.4. The van der Waals surface area contributed by atoms with Crippen molar-refractivity contribution in [2.75, 3.05) is 16.8 Å². The van der Waals surface area contributed by atoms with Crippen molar-refractivity contribution in [3.63, 3.8) is 0 Å². The van der Waals surface area contributed by atoms with Crippen LogP contribution in [0.3, 0.4) is 0 Å². The van der Waals surface area contributed by atoms with Gasteiger partial charge in [-0.15, -0.1) is 41.4 Å². The molecule has 8 heteroatoms. The van der Waals surface area contributed by atoms with E-state index in [0.717, 1.165) is 83.8 Å². The van der Waals surface area contributed by atoms with Crippen LogP contribution in [0.1, 0.15) is 69.4 Å². The minimum atomic E-state index is -0.0295. The second-order valence-electron chi connectivity index (χ2n) is 23.7. The fourth-order valence-corrected chi connectivity index (χ4v) is 12.2. The van der Waals surface area contributed by atoms with E-state index in [1.165, 1.54) is 54.8 Å². The van der Waals surface area contributed by atoms with Crippen LogP contribution in [0.25, 0.3) is 93.7 Å². The van der Waals surface area contributed by atoms with E-state index in [4.69, 9.17) is 9.72 Å². The standard InChI is InChI=1S/C72H61N6O.Pt/c1-44-25-31-60-54(35-44)55-36-45(2)26-32-61(55)76(60)66-23-16-24-67(77-62-33-27-47(71(4,5)6)38-56(62)57-39-48(72(7,8)9)28-34-63(57)77)70(66)58-42-73-69(37-46(58)3)78-59-20-12-11-19-52(59)53-30-29-51(41-68(53)78)79-50-18-15-17-49(40-50)75-43-74(10)64-21-13-14-22-65(64)75;/h11-39,42-43H,1-10H3;/q-3;. The van der Waals surface area contributed by atoms with Crippen LogP contribution in [0, 0.1) is 39.6 Å². The summed E-state index contributed by atoms with van der Waals surface area (Å²) in [5, 5.41) is 7.15. The fourth-order valence-electron chi connectivity index (χ4n) is 12.2. The third kappa shape index (κ3) is 8.23. The van der Waals surface area contributed by atoms with Crippen molar-refractivity contribution >= 4 is 82.5 Å². The van der Waals surface area contributed by atoms with E-state index in [1.54, 1.807) is 0 Å². The van der Waals surface area contributed by atoms with E-state index < -0.39 is 0 Å². The maximum atomic E-state index is 6.66. The molecule has 7 nitrogen and oxygen atoms in total. The van der Waals surface area contributed by atoms with Crippen LogP contribution in [0.4, 0.5) is 17.1 Å². The van der Waals surface area contributed by atoms with E-state index in [-0.39, 0.29) is 31.9 Å². The molecule has 5 heterocycles. The van der Waals surface area contributed by atoms with E-state index in [1.807, 2.05) is 18.2 Å². The number of hydrogen-bond acceptors (Lipinski definition) is 4. The Labute approximate surface area is 482 Å². The first-order valence-corrected chi connectivity index (χ1v) is 27.4. The molecule has 1 aliphatic rings. The normalized spacial score (nSPS) is 12.9. The number of nitrogens with zero attached hydrogens (tertiary/aromatic N) is 6. The Morgan fingerprint density at radius 1 is 0.463 bits per heavy atom. The molecule has 0 radical (unpaired) electrons. The van der Waals surface area contributed by atoms with Crippen molar-refractivity contribution in [1.82, 2.24) is 18.7 Å². The van der Waals surface area contributed by atoms with Gasteiger partial charge in [0.25, 0.3) is 0 Å². The van der Waals surface area contributed by atoms with Crippen LogP contribution in [0.15, 0.2) is 182 Å². The van der Waals surface area contributed by atoms with Gasteiger partial charge < -0.3 is 28.2 Å². The van der Waals surface area contributed by atoms with Gasteiger partial charge in [-0.1, -0.05) is 119 Å². The van der Waals surface area contributed by atoms with Gasteiger partial charge in [-0.25, -0.2) is 4.98 Å². The fraction of sp³-hybridized carbons (Fsp3) is 0.167. The number of para-hydroxylation sites is 3. The van der Waals surface area contributed by atoms with Crippen molar-refractivity contribution < 1.29 is 25.8 Å². The first-order chi connectivity index (χ1) is 38.1. The van der Waals surface area contributed by atoms with E-state index in [9.17, 15) is 0 Å². The minimum absolute atomic E-state index is 0. The van der Waals surface area contributed by atoms with Gasteiger partial charge in [0.05, 0.1) is 33.4 Å². The molecule has 9 aromatic carbocycles. The predicted octanol–water partition coefficient (Wildman–Crippen LogP) is 18.7. The average Bonchev–Trinajstić information content (AvgIpc) is 4.27. The van der Waals surface area contributed by atoms with Gasteiger partial charge in [0, 0.05) is 88.3 Å². The van der Waals surface area contributed by atoms with Crippen molar-refractivity contribution in [3.8, 4) is 39.8 Å². The smallest absolute Gasteiger partial charge is 0.135 e. The van der Waals surface area contributed by atoms with Crippen LogP contribution in [0.2, 0.25) is 0 Å². The molecule has 1 aliphatic heterocycles. The monoisotopic (exact) mass is 1220 g/mol. The zero-order valence-electron chi connectivity index (χ0n) is 46.8. The van der Waals surface area contributed by atoms with Gasteiger partial charge in [0.15, 0.2) is 0 Å². The third-order valence-electron chi connectivity index (χ3n) is 16.3. The van der Waals surface area contributed by atoms with Crippen LogP contribution < -0.4 is 14.5 Å². The van der Waals surface area contributed by atoms with Gasteiger partial charge in [-0.3, -0.25) is 0 Å². The van der Waals surface area contributed by atoms with Crippen LogP contribution in [-0.2, 0) is 31.9 Å². The maximum Gasteiger partial charge on any atom is 0.135 e. The molecule has 13 aromatic rings. The summed E-state index contributed by atoms with van der Waals surface area (Å²) in [6.45, 7) is 22.5. The summed E-state index contributed by atoms with van der Waals surface area (Å²) < 4.78 is 13.9. The molecule has 0 fully saturated rings. The van der Waals surface area contributed by atoms with Crippen molar-refractivity contribution in [2.45, 2.75) is 73.1 Å². The predicted molar refractivity (Wildman–Crippen MR) is 330 cm³/mol. The Hall–Kier alpha value is -8.38. The number of ether oxygens (including phenoxy) is 1. The topological polar surface area (TPSA) is 43.4 Å². The molecule has 0 spiro atoms. The van der Waals surface area contributed by atoms with Gasteiger partial charge in [-0.2, -0.15) is 18.8 Å². The number of aromatic nitrogens is 4. The largest absolute Gasteiger partial charge is 0.509 e. The molecule has 0 amide bonds. The summed E-state index contributed by atoms with van der Waals surface area (Å²) in [7, 11) is 2.06. The van der Waals surface area contributed by atoms with E-state index >= 15 is 0 Å². The van der Waals surface area contributed by atoms with Crippen molar-refractivity contribution in [1.29, 1.82) is 0 Å². The molecule has 0 aliphatic carbocycles. The number of pyridine rings is 1. The number of aryl methyl sites for hydroxylation is 3. The van der Waals surface area contributed by atoms with Crippen molar-refractivity contribution in [2.24, 2.45) is 0 Å². The number of anilines is 3. The summed E-state index contributed by atoms with van der Waals surface area (Å²) in [5.41, 5.74) is 20.1. The van der Waals surface area contributed by atoms with E-state index in [0.29, 0.717) is 11.5 Å². The van der Waals surface area contributed by atoms with Gasteiger partial charge in [0.1, 0.15) is 5.82 Å². The molecule has 0 saturated heterocycles. The quantitative estimate of drug-likeness (QED) is 0.149. The number of fused-ring (bicyclic) bond motifs is 10. The van der Waals surface area contributed by atoms with Gasteiger partial charge in [0.2, 0.25) is 0 Å². The molecule has 0 N–H and O–H groups in total. The molecular formula is C72H61N6OPt-3. The first kappa shape index (κ1) is 51.1. The molecule has 4 aromatic heterocycles. The second kappa shape index (κ2) is 18.9. The van der Waals surface area contributed by atoms with Crippen LogP contribution >= 0.6 is 0 Å². The maximum absolute atomic E-state index is 6.66. The van der Waals surface area contributed by atoms with E-state index in [2.05, 4.69) is 276 Å². The summed E-state index contributed by atoms with van der Waals surface area (Å²) in [4.78, 5) is 9.78. The Balaban J connectivity index is 0.00000605. The molecule has 80 heavy (non-hydrogen) atoms. The van der Waals surface area contributed by atoms with Gasteiger partial charge in [-0.05, 0) is 146 Å². The first-order valence-electron chi connectivity index (χ1n) is 27.4. The summed E-state index contributed by atoms with van der Waals surface area (Å²) in [5.74, 6) is 1.99. The second-order valence-corrected chi connectivity index (χ2v) is 23.7. The average molecular weight is 1220 g/mol. The molecule has 0 unspecified atom stereocenters. The Bertz CT molecular complexity index is 4530. The molecular weight excluding hydrogens is 1160 g/mol. The summed E-state index contributed by atoms with van der Waals surface area (Å²) >= 11 is 0. The van der Waals surface area contributed by atoms with Crippen molar-refractivity contribution in [3.05, 3.63) is 229 Å². The molecule has 14 rings (SSSR count). The minimum Gasteiger partial charge on any atom is -0.509 e. The van der Waals surface area contributed by atoms with Crippen LogP contribution in [-0.4, -0.2) is 25.7 Å². The van der Waals surface area contributed by atoms with Crippen LogP contribution in [0.5, 0.6) is 11.5 Å². The molecule has 0 bridgehead atoms. The summed E-state index contributed by atoms with van der Waals surface area (Å²) in [6.07, 6.45) is 2.10. The Kier molecular flexibility index (Phi) is 12.1. The zero-order valence-corrected chi connectivity index (χ0v) is 49.1. The molecule has 0 atom stereocenters. The third-order valence-corrected chi connectivity index (χ3v) is 16.3. The number of hydrogen-bond donors (Lipinski definition) is 0. The molecule has 0 saturated carbocycles. The number of rotatable bonds is 7. The SMILES string of the molecule is Cc1ccc2c(c1)c1cc(C)ccc1n2-c1cccc(-n2c3ccc(C(C)(C)C)cc3c3cc(C(C)(C)C)ccc32)c1-c1cnc(-n2c3[c-]c(Oc4[c-]c(N5[CH-]N(C)c6ccccc65)ccc4)ccc3c3ccccc32)cc1C.[Pt]. The molecule has 398 valence electrons. The zero-order chi connectivity index (χ0) is 54.2. The Morgan fingerprint density at radius 3 is 1.60 bits per heavy atom. The van der Waals surface area contributed by atoms with Gasteiger partial charge >= 0.3 is 0 Å².